The molecule has 2 unspecified atom stereocenters. The van der Waals surface area contributed by atoms with Gasteiger partial charge in [0.2, 0.25) is 0 Å². The second kappa shape index (κ2) is 8.23. The zero-order chi connectivity index (χ0) is 14.3. The molecule has 0 saturated heterocycles. The molecule has 1 fully saturated rings. The Morgan fingerprint density at radius 1 is 1.37 bits per heavy atom. The molecule has 0 spiro atoms. The first-order valence-corrected chi connectivity index (χ1v) is 7.88. The molecule has 0 heterocycles. The summed E-state index contributed by atoms with van der Waals surface area (Å²) in [6, 6.07) is 0.575. The lowest BCUT2D eigenvalue weighted by molar-refractivity contribution is 0.0334. The highest BCUT2D eigenvalue weighted by molar-refractivity contribution is 4.86. The van der Waals surface area contributed by atoms with E-state index in [4.69, 9.17) is 4.74 Å². The average Bonchev–Trinajstić information content (AvgIpc) is 2.65. The van der Waals surface area contributed by atoms with Crippen LogP contribution in [0.4, 0.5) is 0 Å². The summed E-state index contributed by atoms with van der Waals surface area (Å²) < 4.78 is 5.51. The fraction of sp³-hybridized carbons (Fsp3) is 1.00. The molecule has 114 valence electrons. The maximum absolute atomic E-state index is 9.86. The van der Waals surface area contributed by atoms with E-state index < -0.39 is 0 Å². The molecule has 0 aromatic rings. The fourth-order valence-corrected chi connectivity index (χ4v) is 2.78. The predicted octanol–water partition coefficient (Wildman–Crippen LogP) is 2.97. The first-order valence-electron chi connectivity index (χ1n) is 7.88. The van der Waals surface area contributed by atoms with E-state index in [9.17, 15) is 5.11 Å². The van der Waals surface area contributed by atoms with Gasteiger partial charge in [0.25, 0.3) is 0 Å². The number of aliphatic hydroxyl groups excluding tert-OH is 1. The van der Waals surface area contributed by atoms with Crippen LogP contribution in [0.1, 0.15) is 59.8 Å². The summed E-state index contributed by atoms with van der Waals surface area (Å²) in [7, 11) is 0. The van der Waals surface area contributed by atoms with Crippen molar-refractivity contribution < 1.29 is 9.84 Å². The molecule has 1 aliphatic rings. The molecule has 0 amide bonds. The van der Waals surface area contributed by atoms with Crippen LogP contribution in [0, 0.1) is 11.3 Å². The SMILES string of the molecule is CC(C)CCCOCC(O)CNC1CCC(C)(C)C1. The maximum Gasteiger partial charge on any atom is 0.0897 e. The first kappa shape index (κ1) is 16.9. The zero-order valence-corrected chi connectivity index (χ0v) is 13.2. The highest BCUT2D eigenvalue weighted by Gasteiger charge is 2.30. The van der Waals surface area contributed by atoms with Gasteiger partial charge in [-0.3, -0.25) is 0 Å². The highest BCUT2D eigenvalue weighted by Crippen LogP contribution is 2.36. The Morgan fingerprint density at radius 2 is 2.11 bits per heavy atom. The molecule has 2 N–H and O–H groups in total. The standard InChI is InChI=1S/C16H33NO2/c1-13(2)6-5-9-19-12-15(18)11-17-14-7-8-16(3,4)10-14/h13-15,17-18H,5-12H2,1-4H3. The van der Waals surface area contributed by atoms with Crippen molar-refractivity contribution in [2.24, 2.45) is 11.3 Å². The first-order chi connectivity index (χ1) is 8.89. The summed E-state index contributed by atoms with van der Waals surface area (Å²) >= 11 is 0. The Kier molecular flexibility index (Phi) is 7.33. The lowest BCUT2D eigenvalue weighted by Gasteiger charge is -2.19. The van der Waals surface area contributed by atoms with Crippen molar-refractivity contribution in [2.75, 3.05) is 19.8 Å². The summed E-state index contributed by atoms with van der Waals surface area (Å²) in [6.07, 6.45) is 5.65. The van der Waals surface area contributed by atoms with E-state index in [1.165, 1.54) is 25.7 Å². The number of nitrogens with one attached hydrogen (secondary N) is 1. The summed E-state index contributed by atoms with van der Waals surface area (Å²) in [6.45, 7) is 11.0. The van der Waals surface area contributed by atoms with Crippen LogP contribution in [0.25, 0.3) is 0 Å². The van der Waals surface area contributed by atoms with Gasteiger partial charge < -0.3 is 15.2 Å². The van der Waals surface area contributed by atoms with E-state index >= 15 is 0 Å². The molecule has 1 rings (SSSR count). The van der Waals surface area contributed by atoms with Crippen molar-refractivity contribution in [3.63, 3.8) is 0 Å². The van der Waals surface area contributed by atoms with Gasteiger partial charge in [0.05, 0.1) is 12.7 Å². The quantitative estimate of drug-likeness (QED) is 0.634. The highest BCUT2D eigenvalue weighted by atomic mass is 16.5. The molecule has 0 bridgehead atoms. The third kappa shape index (κ3) is 7.91. The molecular weight excluding hydrogens is 238 g/mol. The summed E-state index contributed by atoms with van der Waals surface area (Å²) in [5.74, 6) is 0.737. The molecule has 3 nitrogen and oxygen atoms in total. The van der Waals surface area contributed by atoms with E-state index in [2.05, 4.69) is 33.0 Å². The lowest BCUT2D eigenvalue weighted by atomic mass is 9.92. The van der Waals surface area contributed by atoms with Crippen molar-refractivity contribution in [3.8, 4) is 0 Å². The van der Waals surface area contributed by atoms with Crippen molar-refractivity contribution in [1.82, 2.24) is 5.32 Å². The van der Waals surface area contributed by atoms with Crippen LogP contribution in [0.2, 0.25) is 0 Å². The fourth-order valence-electron chi connectivity index (χ4n) is 2.78. The van der Waals surface area contributed by atoms with E-state index in [1.807, 2.05) is 0 Å². The summed E-state index contributed by atoms with van der Waals surface area (Å²) in [4.78, 5) is 0. The van der Waals surface area contributed by atoms with Crippen LogP contribution < -0.4 is 5.32 Å². The van der Waals surface area contributed by atoms with Gasteiger partial charge in [-0.15, -0.1) is 0 Å². The Hall–Kier alpha value is -0.120. The summed E-state index contributed by atoms with van der Waals surface area (Å²) in [5, 5.41) is 13.3. The van der Waals surface area contributed by atoms with Crippen LogP contribution in [0.15, 0.2) is 0 Å². The van der Waals surface area contributed by atoms with Gasteiger partial charge in [0.1, 0.15) is 0 Å². The number of rotatable bonds is 9. The summed E-state index contributed by atoms with van der Waals surface area (Å²) in [5.41, 5.74) is 0.468. The van der Waals surface area contributed by atoms with Gasteiger partial charge in [-0.2, -0.15) is 0 Å². The number of ether oxygens (including phenoxy) is 1. The third-order valence-electron chi connectivity index (χ3n) is 3.99. The van der Waals surface area contributed by atoms with E-state index in [0.717, 1.165) is 18.9 Å². The van der Waals surface area contributed by atoms with Gasteiger partial charge in [-0.1, -0.05) is 27.7 Å². The average molecular weight is 271 g/mol. The molecule has 19 heavy (non-hydrogen) atoms. The van der Waals surface area contributed by atoms with Crippen molar-refractivity contribution in [2.45, 2.75) is 71.9 Å². The predicted molar refractivity (Wildman–Crippen MR) is 80.3 cm³/mol. The molecule has 3 heteroatoms. The Bertz CT molecular complexity index is 241. The van der Waals surface area contributed by atoms with Crippen LogP contribution in [-0.4, -0.2) is 37.0 Å². The topological polar surface area (TPSA) is 41.5 Å². The molecule has 0 aliphatic heterocycles. The molecule has 0 aromatic carbocycles. The van der Waals surface area contributed by atoms with Crippen molar-refractivity contribution in [1.29, 1.82) is 0 Å². The van der Waals surface area contributed by atoms with Gasteiger partial charge in [0.15, 0.2) is 0 Å². The Morgan fingerprint density at radius 3 is 2.68 bits per heavy atom. The van der Waals surface area contributed by atoms with Crippen LogP contribution in [0.3, 0.4) is 0 Å². The van der Waals surface area contributed by atoms with E-state index in [-0.39, 0.29) is 6.10 Å². The smallest absolute Gasteiger partial charge is 0.0897 e. The molecule has 0 aromatic heterocycles. The minimum absolute atomic E-state index is 0.372. The van der Waals surface area contributed by atoms with Crippen LogP contribution in [-0.2, 0) is 4.74 Å². The molecule has 2 atom stereocenters. The zero-order valence-electron chi connectivity index (χ0n) is 13.2. The van der Waals surface area contributed by atoms with Gasteiger partial charge in [0, 0.05) is 19.2 Å². The van der Waals surface area contributed by atoms with Gasteiger partial charge in [-0.25, -0.2) is 0 Å². The molecule has 0 radical (unpaired) electrons. The Labute approximate surface area is 119 Å². The van der Waals surface area contributed by atoms with E-state index in [0.29, 0.717) is 24.6 Å². The minimum Gasteiger partial charge on any atom is -0.389 e. The lowest BCUT2D eigenvalue weighted by Crippen LogP contribution is -2.36. The maximum atomic E-state index is 9.86. The normalized spacial score (nSPS) is 24.0. The van der Waals surface area contributed by atoms with Crippen molar-refractivity contribution >= 4 is 0 Å². The second-order valence-corrected chi connectivity index (χ2v) is 7.28. The van der Waals surface area contributed by atoms with Crippen LogP contribution in [0.5, 0.6) is 0 Å². The number of hydrogen-bond acceptors (Lipinski definition) is 3. The van der Waals surface area contributed by atoms with Crippen molar-refractivity contribution in [3.05, 3.63) is 0 Å². The monoisotopic (exact) mass is 271 g/mol. The largest absolute Gasteiger partial charge is 0.389 e. The molecule has 1 aliphatic carbocycles. The molecular formula is C16H33NO2. The van der Waals surface area contributed by atoms with Crippen LogP contribution >= 0.6 is 0 Å². The minimum atomic E-state index is -0.372. The second-order valence-electron chi connectivity index (χ2n) is 7.28. The van der Waals surface area contributed by atoms with Gasteiger partial charge >= 0.3 is 0 Å². The number of hydrogen-bond donors (Lipinski definition) is 2. The molecule has 1 saturated carbocycles. The third-order valence-corrected chi connectivity index (χ3v) is 3.99. The number of aliphatic hydroxyl groups is 1. The van der Waals surface area contributed by atoms with E-state index in [1.54, 1.807) is 0 Å². The van der Waals surface area contributed by atoms with Gasteiger partial charge in [-0.05, 0) is 43.4 Å². The Balaban J connectivity index is 1.98.